The van der Waals surface area contributed by atoms with Crippen LogP contribution >= 0.6 is 0 Å². The van der Waals surface area contributed by atoms with Crippen LogP contribution in [0.4, 0.5) is 0 Å². The number of hydrogen-bond acceptors (Lipinski definition) is 2. The number of rotatable bonds is 6. The molecule has 0 aliphatic rings. The minimum Gasteiger partial charge on any atom is -0.478 e. The van der Waals surface area contributed by atoms with Crippen LogP contribution in [0.2, 0.25) is 0 Å². The Hall–Kier alpha value is -1.84. The van der Waals surface area contributed by atoms with E-state index in [-0.39, 0.29) is 6.04 Å². The lowest BCUT2D eigenvalue weighted by atomic mass is 10.1. The number of aromatic carboxylic acids is 1. The van der Waals surface area contributed by atoms with Gasteiger partial charge in [0.15, 0.2) is 0 Å². The molecule has 1 atom stereocenters. The lowest BCUT2D eigenvalue weighted by Gasteiger charge is -2.17. The molecule has 0 radical (unpaired) electrons. The fraction of sp³-hybridized carbons (Fsp3) is 0.500. The van der Waals surface area contributed by atoms with Gasteiger partial charge in [0, 0.05) is 12.5 Å². The van der Waals surface area contributed by atoms with E-state index in [4.69, 9.17) is 0 Å². The van der Waals surface area contributed by atoms with E-state index < -0.39 is 5.97 Å². The van der Waals surface area contributed by atoms with Crippen molar-refractivity contribution in [3.8, 4) is 0 Å². The summed E-state index contributed by atoms with van der Waals surface area (Å²) in [6, 6.07) is 5.60. The number of para-hydroxylation sites is 1. The predicted molar refractivity (Wildman–Crippen MR) is 80.3 cm³/mol. The fourth-order valence-corrected chi connectivity index (χ4v) is 2.79. The highest BCUT2D eigenvalue weighted by Crippen LogP contribution is 2.27. The molecule has 108 valence electrons. The van der Waals surface area contributed by atoms with Crippen LogP contribution in [-0.2, 0) is 6.42 Å². The summed E-state index contributed by atoms with van der Waals surface area (Å²) in [4.78, 5) is 16.1. The molecule has 1 unspecified atom stereocenters. The van der Waals surface area contributed by atoms with E-state index in [2.05, 4.69) is 30.3 Å². The number of aryl methyl sites for hydroxylation is 1. The van der Waals surface area contributed by atoms with Gasteiger partial charge in [-0.15, -0.1) is 0 Å². The number of carbonyl (C=O) groups is 1. The number of hydrogen-bond donors (Lipinski definition) is 1. The molecule has 1 aromatic carbocycles. The van der Waals surface area contributed by atoms with Gasteiger partial charge in [-0.2, -0.15) is 0 Å². The highest BCUT2D eigenvalue weighted by molar-refractivity contribution is 6.01. The van der Waals surface area contributed by atoms with Crippen LogP contribution in [0.5, 0.6) is 0 Å². The van der Waals surface area contributed by atoms with Gasteiger partial charge in [-0.25, -0.2) is 9.78 Å². The van der Waals surface area contributed by atoms with Crippen LogP contribution in [-0.4, -0.2) is 20.6 Å². The average molecular weight is 274 g/mol. The molecule has 0 amide bonds. The van der Waals surface area contributed by atoms with Gasteiger partial charge >= 0.3 is 5.97 Å². The molecular weight excluding hydrogens is 252 g/mol. The Balaban J connectivity index is 2.70. The summed E-state index contributed by atoms with van der Waals surface area (Å²) >= 11 is 0. The normalized spacial score (nSPS) is 12.8. The van der Waals surface area contributed by atoms with Crippen LogP contribution in [0.15, 0.2) is 18.2 Å². The quantitative estimate of drug-likeness (QED) is 0.864. The summed E-state index contributed by atoms with van der Waals surface area (Å²) in [6.07, 6.45) is 3.98. The second kappa shape index (κ2) is 6.07. The Kier molecular flexibility index (Phi) is 4.42. The van der Waals surface area contributed by atoms with E-state index in [1.54, 1.807) is 12.1 Å². The molecule has 4 heteroatoms. The molecule has 0 aliphatic carbocycles. The van der Waals surface area contributed by atoms with E-state index in [1.807, 2.05) is 6.07 Å². The maximum atomic E-state index is 11.5. The molecular formula is C16H22N2O2. The number of imidazole rings is 1. The van der Waals surface area contributed by atoms with Crippen molar-refractivity contribution in [1.29, 1.82) is 0 Å². The Morgan fingerprint density at radius 3 is 2.70 bits per heavy atom. The zero-order valence-corrected chi connectivity index (χ0v) is 12.4. The third-order valence-corrected chi connectivity index (χ3v) is 3.63. The number of carboxylic acids is 1. The minimum atomic E-state index is -0.886. The summed E-state index contributed by atoms with van der Waals surface area (Å²) in [5.74, 6) is 0.112. The van der Waals surface area contributed by atoms with Gasteiger partial charge in [0.05, 0.1) is 16.6 Å². The molecule has 0 fully saturated rings. The number of nitrogens with zero attached hydrogens (tertiary/aromatic N) is 2. The molecule has 1 aromatic heterocycles. The first-order chi connectivity index (χ1) is 9.60. The first-order valence-corrected chi connectivity index (χ1v) is 7.33. The standard InChI is InChI=1S/C16H22N2O2/c1-4-7-11(3)18-14(8-5-2)17-13-10-6-9-12(15(13)18)16(19)20/h6,9-11H,4-5,7-8H2,1-3H3,(H,19,20). The smallest absolute Gasteiger partial charge is 0.337 e. The second-order valence-corrected chi connectivity index (χ2v) is 5.26. The summed E-state index contributed by atoms with van der Waals surface area (Å²) in [5, 5.41) is 9.42. The van der Waals surface area contributed by atoms with Crippen LogP contribution in [0.25, 0.3) is 11.0 Å². The first kappa shape index (κ1) is 14.6. The van der Waals surface area contributed by atoms with Gasteiger partial charge in [0.25, 0.3) is 0 Å². The fourth-order valence-electron chi connectivity index (χ4n) is 2.79. The topological polar surface area (TPSA) is 55.1 Å². The maximum Gasteiger partial charge on any atom is 0.337 e. The number of fused-ring (bicyclic) bond motifs is 1. The molecule has 4 nitrogen and oxygen atoms in total. The van der Waals surface area contributed by atoms with E-state index in [0.29, 0.717) is 5.56 Å². The summed E-state index contributed by atoms with van der Waals surface area (Å²) < 4.78 is 2.13. The highest BCUT2D eigenvalue weighted by Gasteiger charge is 2.20. The SMILES string of the molecule is CCCc1nc2cccc(C(=O)O)c2n1C(C)CCC. The Morgan fingerprint density at radius 2 is 2.10 bits per heavy atom. The van der Waals surface area contributed by atoms with Crippen molar-refractivity contribution in [2.24, 2.45) is 0 Å². The van der Waals surface area contributed by atoms with Gasteiger partial charge in [-0.1, -0.05) is 26.3 Å². The third-order valence-electron chi connectivity index (χ3n) is 3.63. The zero-order valence-electron chi connectivity index (χ0n) is 12.4. The number of carboxylic acid groups (broad SMARTS) is 1. The molecule has 0 aliphatic heterocycles. The van der Waals surface area contributed by atoms with Gasteiger partial charge in [-0.05, 0) is 31.9 Å². The van der Waals surface area contributed by atoms with Crippen LogP contribution in [0.3, 0.4) is 0 Å². The van der Waals surface area contributed by atoms with Crippen molar-refractivity contribution >= 4 is 17.0 Å². The second-order valence-electron chi connectivity index (χ2n) is 5.26. The van der Waals surface area contributed by atoms with Gasteiger partial charge in [0.1, 0.15) is 5.82 Å². The summed E-state index contributed by atoms with van der Waals surface area (Å²) in [5.41, 5.74) is 1.90. The predicted octanol–water partition coefficient (Wildman–Crippen LogP) is 4.05. The van der Waals surface area contributed by atoms with Crippen molar-refractivity contribution in [3.63, 3.8) is 0 Å². The largest absolute Gasteiger partial charge is 0.478 e. The molecule has 0 bridgehead atoms. The first-order valence-electron chi connectivity index (χ1n) is 7.33. The van der Waals surface area contributed by atoms with Gasteiger partial charge in [0.2, 0.25) is 0 Å². The van der Waals surface area contributed by atoms with Gasteiger partial charge < -0.3 is 9.67 Å². The highest BCUT2D eigenvalue weighted by atomic mass is 16.4. The molecule has 2 rings (SSSR count). The monoisotopic (exact) mass is 274 g/mol. The van der Waals surface area contributed by atoms with Crippen LogP contribution < -0.4 is 0 Å². The lowest BCUT2D eigenvalue weighted by Crippen LogP contribution is -2.11. The molecule has 0 saturated carbocycles. The molecule has 1 N–H and O–H groups in total. The Morgan fingerprint density at radius 1 is 1.35 bits per heavy atom. The van der Waals surface area contributed by atoms with E-state index in [9.17, 15) is 9.90 Å². The van der Waals surface area contributed by atoms with Gasteiger partial charge in [-0.3, -0.25) is 0 Å². The third kappa shape index (κ3) is 2.55. The lowest BCUT2D eigenvalue weighted by molar-refractivity contribution is 0.0698. The van der Waals surface area contributed by atoms with Crippen LogP contribution in [0.1, 0.15) is 62.3 Å². The van der Waals surface area contributed by atoms with E-state index >= 15 is 0 Å². The van der Waals surface area contributed by atoms with Crippen molar-refractivity contribution in [1.82, 2.24) is 9.55 Å². The molecule has 1 heterocycles. The average Bonchev–Trinajstić information content (AvgIpc) is 2.77. The zero-order chi connectivity index (χ0) is 14.7. The Bertz CT molecular complexity index is 616. The molecule has 0 spiro atoms. The van der Waals surface area contributed by atoms with E-state index in [0.717, 1.165) is 42.5 Å². The maximum absolute atomic E-state index is 11.5. The van der Waals surface area contributed by atoms with Crippen LogP contribution in [0, 0.1) is 0 Å². The number of benzene rings is 1. The molecule has 0 saturated heterocycles. The molecule has 2 aromatic rings. The molecule has 20 heavy (non-hydrogen) atoms. The summed E-state index contributed by atoms with van der Waals surface area (Å²) in [6.45, 7) is 6.40. The van der Waals surface area contributed by atoms with Crippen molar-refractivity contribution in [3.05, 3.63) is 29.6 Å². The van der Waals surface area contributed by atoms with Crippen molar-refractivity contribution in [2.75, 3.05) is 0 Å². The van der Waals surface area contributed by atoms with Crippen molar-refractivity contribution < 1.29 is 9.90 Å². The van der Waals surface area contributed by atoms with Crippen molar-refractivity contribution in [2.45, 2.75) is 52.5 Å². The van der Waals surface area contributed by atoms with E-state index in [1.165, 1.54) is 0 Å². The Labute approximate surface area is 119 Å². The summed E-state index contributed by atoms with van der Waals surface area (Å²) in [7, 11) is 0. The minimum absolute atomic E-state index is 0.270. The number of aromatic nitrogens is 2.